The molecule has 31 heavy (non-hydrogen) atoms. The molecule has 9 heteroatoms. The molecule has 164 valence electrons. The van der Waals surface area contributed by atoms with Crippen molar-refractivity contribution in [3.05, 3.63) is 71.0 Å². The Morgan fingerprint density at radius 2 is 1.42 bits per heavy atom. The molecule has 1 aliphatic rings. The Bertz CT molecular complexity index is 971. The maximum atomic E-state index is 14.2. The van der Waals surface area contributed by atoms with E-state index in [-0.39, 0.29) is 43.7 Å². The van der Waals surface area contributed by atoms with Gasteiger partial charge in [-0.25, -0.2) is 13.2 Å². The monoisotopic (exact) mass is 433 g/mol. The first-order chi connectivity index (χ1) is 14.8. The highest BCUT2D eigenvalue weighted by molar-refractivity contribution is 5.94. The molecule has 2 aromatic carbocycles. The Morgan fingerprint density at radius 3 is 2.00 bits per heavy atom. The molecule has 0 bridgehead atoms. The third kappa shape index (κ3) is 5.22. The van der Waals surface area contributed by atoms with Gasteiger partial charge in [0.05, 0.1) is 18.0 Å². The van der Waals surface area contributed by atoms with E-state index in [9.17, 15) is 27.6 Å². The third-order valence-electron chi connectivity index (χ3n) is 5.13. The smallest absolute Gasteiger partial charge is 0.256 e. The number of rotatable bonds is 5. The van der Waals surface area contributed by atoms with Gasteiger partial charge in [-0.15, -0.1) is 0 Å². The molecule has 6 nitrogen and oxygen atoms in total. The van der Waals surface area contributed by atoms with Crippen LogP contribution in [0.3, 0.4) is 0 Å². The summed E-state index contributed by atoms with van der Waals surface area (Å²) in [6.07, 6.45) is -0.335. The molecule has 1 aliphatic heterocycles. The van der Waals surface area contributed by atoms with Gasteiger partial charge >= 0.3 is 0 Å². The van der Waals surface area contributed by atoms with Crippen LogP contribution in [0.25, 0.3) is 0 Å². The lowest BCUT2D eigenvalue weighted by Gasteiger charge is -2.35. The Labute approximate surface area is 177 Å². The van der Waals surface area contributed by atoms with Crippen LogP contribution in [0.2, 0.25) is 0 Å². The molecule has 1 fully saturated rings. The van der Waals surface area contributed by atoms with Crippen LogP contribution in [0, 0.1) is 17.5 Å². The van der Waals surface area contributed by atoms with Crippen LogP contribution in [0.4, 0.5) is 13.2 Å². The van der Waals surface area contributed by atoms with E-state index in [1.54, 1.807) is 6.07 Å². The zero-order valence-electron chi connectivity index (χ0n) is 16.9. The lowest BCUT2D eigenvalue weighted by Crippen LogP contribution is -2.51. The number of amides is 3. The Morgan fingerprint density at radius 1 is 0.871 bits per heavy atom. The molecule has 1 unspecified atom stereocenters. The van der Waals surface area contributed by atoms with E-state index in [4.69, 9.17) is 0 Å². The summed E-state index contributed by atoms with van der Waals surface area (Å²) in [6.45, 7) is 1.95. The number of piperazine rings is 1. The van der Waals surface area contributed by atoms with Crippen LogP contribution in [0.15, 0.2) is 42.5 Å². The van der Waals surface area contributed by atoms with E-state index in [2.05, 4.69) is 5.32 Å². The van der Waals surface area contributed by atoms with Gasteiger partial charge in [0, 0.05) is 38.7 Å². The first kappa shape index (κ1) is 22.3. The second-order valence-corrected chi connectivity index (χ2v) is 7.25. The molecular formula is C22H22F3N3O3. The summed E-state index contributed by atoms with van der Waals surface area (Å²) < 4.78 is 42.2. The summed E-state index contributed by atoms with van der Waals surface area (Å²) in [5.41, 5.74) is -0.414. The normalized spacial score (nSPS) is 14.8. The number of halogens is 3. The number of benzene rings is 2. The molecule has 0 saturated carbocycles. The van der Waals surface area contributed by atoms with E-state index in [0.717, 1.165) is 12.1 Å². The lowest BCUT2D eigenvalue weighted by molar-refractivity contribution is -0.133. The van der Waals surface area contributed by atoms with Crippen molar-refractivity contribution >= 4 is 17.7 Å². The fourth-order valence-corrected chi connectivity index (χ4v) is 3.58. The second-order valence-electron chi connectivity index (χ2n) is 7.25. The van der Waals surface area contributed by atoms with Crippen LogP contribution < -0.4 is 5.32 Å². The number of carbonyl (C=O) groups is 3. The summed E-state index contributed by atoms with van der Waals surface area (Å²) in [7, 11) is 0. The van der Waals surface area contributed by atoms with Crippen molar-refractivity contribution in [2.45, 2.75) is 19.4 Å². The molecule has 0 radical (unpaired) electrons. The topological polar surface area (TPSA) is 69.7 Å². The molecule has 0 aromatic heterocycles. The zero-order valence-corrected chi connectivity index (χ0v) is 16.9. The molecular weight excluding hydrogens is 411 g/mol. The number of carbonyl (C=O) groups excluding carboxylic acids is 3. The predicted octanol–water partition coefficient (Wildman–Crippen LogP) is 2.66. The fourth-order valence-electron chi connectivity index (χ4n) is 3.58. The number of hydrogen-bond acceptors (Lipinski definition) is 3. The first-order valence-corrected chi connectivity index (χ1v) is 9.80. The lowest BCUT2D eigenvalue weighted by atomic mass is 10.0. The third-order valence-corrected chi connectivity index (χ3v) is 5.13. The minimum Gasteiger partial charge on any atom is -0.349 e. The van der Waals surface area contributed by atoms with Gasteiger partial charge in [0.2, 0.25) is 11.8 Å². The van der Waals surface area contributed by atoms with Gasteiger partial charge in [-0.05, 0) is 24.3 Å². The Balaban J connectivity index is 1.66. The van der Waals surface area contributed by atoms with Gasteiger partial charge in [-0.3, -0.25) is 14.4 Å². The minimum absolute atomic E-state index is 0.0389. The highest BCUT2D eigenvalue weighted by atomic mass is 19.1. The van der Waals surface area contributed by atoms with Crippen LogP contribution in [0.1, 0.15) is 35.3 Å². The molecule has 3 amide bonds. The average Bonchev–Trinajstić information content (AvgIpc) is 2.73. The summed E-state index contributed by atoms with van der Waals surface area (Å²) in [6, 6.07) is 7.83. The van der Waals surface area contributed by atoms with Gasteiger partial charge in [-0.1, -0.05) is 18.2 Å². The van der Waals surface area contributed by atoms with Gasteiger partial charge in [0.15, 0.2) is 0 Å². The van der Waals surface area contributed by atoms with E-state index >= 15 is 0 Å². The maximum Gasteiger partial charge on any atom is 0.256 e. The van der Waals surface area contributed by atoms with Gasteiger partial charge in [-0.2, -0.15) is 0 Å². The highest BCUT2D eigenvalue weighted by Gasteiger charge is 2.29. The Kier molecular flexibility index (Phi) is 6.94. The van der Waals surface area contributed by atoms with Crippen molar-refractivity contribution in [1.29, 1.82) is 0 Å². The van der Waals surface area contributed by atoms with Crippen LogP contribution in [-0.4, -0.2) is 53.7 Å². The van der Waals surface area contributed by atoms with Crippen LogP contribution in [-0.2, 0) is 9.59 Å². The molecule has 0 spiro atoms. The summed E-state index contributed by atoms with van der Waals surface area (Å²) in [5, 5.41) is 2.43. The predicted molar refractivity (Wildman–Crippen MR) is 106 cm³/mol. The quantitative estimate of drug-likeness (QED) is 0.788. The van der Waals surface area contributed by atoms with Crippen molar-refractivity contribution in [2.75, 3.05) is 26.2 Å². The number of hydrogen-bond donors (Lipinski definition) is 1. The molecule has 1 saturated heterocycles. The molecule has 1 atom stereocenters. The van der Waals surface area contributed by atoms with Crippen LogP contribution >= 0.6 is 0 Å². The van der Waals surface area contributed by atoms with Crippen molar-refractivity contribution in [3.8, 4) is 0 Å². The number of nitrogens with zero attached hydrogens (tertiary/aromatic N) is 2. The molecule has 0 aliphatic carbocycles. The van der Waals surface area contributed by atoms with E-state index in [1.165, 1.54) is 41.0 Å². The molecule has 1 heterocycles. The van der Waals surface area contributed by atoms with Crippen molar-refractivity contribution in [3.63, 3.8) is 0 Å². The Hall–Kier alpha value is -3.36. The zero-order chi connectivity index (χ0) is 22.5. The summed E-state index contributed by atoms with van der Waals surface area (Å²) in [5.74, 6) is -3.73. The molecule has 3 rings (SSSR count). The van der Waals surface area contributed by atoms with E-state index in [0.29, 0.717) is 0 Å². The maximum absolute atomic E-state index is 14.2. The second kappa shape index (κ2) is 9.63. The van der Waals surface area contributed by atoms with Gasteiger partial charge in [0.1, 0.15) is 17.5 Å². The SMILES string of the molecule is CC(=O)NC(CC(=O)N1CCN(C(=O)c2ccccc2F)CC1)c1c(F)cccc1F. The van der Waals surface area contributed by atoms with Crippen LogP contribution in [0.5, 0.6) is 0 Å². The summed E-state index contributed by atoms with van der Waals surface area (Å²) in [4.78, 5) is 39.7. The van der Waals surface area contributed by atoms with Crippen molar-refractivity contribution in [1.82, 2.24) is 15.1 Å². The highest BCUT2D eigenvalue weighted by Crippen LogP contribution is 2.25. The van der Waals surface area contributed by atoms with E-state index < -0.39 is 41.2 Å². The van der Waals surface area contributed by atoms with E-state index in [1.807, 2.05) is 0 Å². The summed E-state index contributed by atoms with van der Waals surface area (Å²) >= 11 is 0. The van der Waals surface area contributed by atoms with Crippen molar-refractivity contribution in [2.24, 2.45) is 0 Å². The fraction of sp³-hybridized carbons (Fsp3) is 0.318. The van der Waals surface area contributed by atoms with Gasteiger partial charge in [0.25, 0.3) is 5.91 Å². The largest absolute Gasteiger partial charge is 0.349 e. The minimum atomic E-state index is -1.16. The average molecular weight is 433 g/mol. The first-order valence-electron chi connectivity index (χ1n) is 9.80. The van der Waals surface area contributed by atoms with Crippen molar-refractivity contribution < 1.29 is 27.6 Å². The standard InChI is InChI=1S/C22H22F3N3O3/c1-14(29)26-19(21-17(24)7-4-8-18(21)25)13-20(30)27-9-11-28(12-10-27)22(31)15-5-2-3-6-16(15)23/h2-8,19H,9-13H2,1H3,(H,26,29). The number of nitrogens with one attached hydrogen (secondary N) is 1. The molecule has 1 N–H and O–H groups in total. The van der Waals surface area contributed by atoms with Gasteiger partial charge < -0.3 is 15.1 Å². The molecule has 2 aromatic rings.